The summed E-state index contributed by atoms with van der Waals surface area (Å²) in [6.07, 6.45) is 1.44. The Kier molecular flexibility index (Phi) is 5.02. The third-order valence-electron chi connectivity index (χ3n) is 3.21. The number of carbonyl (C=O) groups is 1. The Balaban J connectivity index is 1.57. The van der Waals surface area contributed by atoms with E-state index in [4.69, 9.17) is 16.3 Å². The van der Waals surface area contributed by atoms with Crippen molar-refractivity contribution >= 4 is 17.5 Å². The molecular weight excluding hydrogens is 330 g/mol. The minimum absolute atomic E-state index is 0.221. The SMILES string of the molecule is O=C(NCCOc1ccc(Cl)cc1)c1ccccc1-n1cnnn1. The van der Waals surface area contributed by atoms with Crippen LogP contribution < -0.4 is 10.1 Å². The Morgan fingerprint density at radius 1 is 1.17 bits per heavy atom. The van der Waals surface area contributed by atoms with Crippen molar-refractivity contribution in [2.45, 2.75) is 0 Å². The van der Waals surface area contributed by atoms with E-state index in [1.807, 2.05) is 6.07 Å². The molecule has 0 aliphatic rings. The van der Waals surface area contributed by atoms with E-state index in [1.165, 1.54) is 11.0 Å². The Labute approximate surface area is 143 Å². The van der Waals surface area contributed by atoms with Crippen LogP contribution in [0, 0.1) is 0 Å². The normalized spacial score (nSPS) is 10.4. The van der Waals surface area contributed by atoms with Crippen LogP contribution in [0.1, 0.15) is 10.4 Å². The number of carbonyl (C=O) groups excluding carboxylic acids is 1. The van der Waals surface area contributed by atoms with Crippen molar-refractivity contribution in [3.63, 3.8) is 0 Å². The summed E-state index contributed by atoms with van der Waals surface area (Å²) in [5.74, 6) is 0.476. The van der Waals surface area contributed by atoms with Crippen LogP contribution in [-0.4, -0.2) is 39.3 Å². The number of benzene rings is 2. The molecule has 0 spiro atoms. The highest BCUT2D eigenvalue weighted by Gasteiger charge is 2.12. The number of nitrogens with one attached hydrogen (secondary N) is 1. The molecule has 0 fully saturated rings. The highest BCUT2D eigenvalue weighted by molar-refractivity contribution is 6.30. The molecule has 0 bridgehead atoms. The first-order chi connectivity index (χ1) is 11.7. The standard InChI is InChI=1S/C16H14ClN5O2/c17-12-5-7-13(8-6-12)24-10-9-18-16(23)14-3-1-2-4-15(14)22-11-19-20-21-22/h1-8,11H,9-10H2,(H,18,23). The molecule has 0 aliphatic heterocycles. The van der Waals surface area contributed by atoms with Gasteiger partial charge in [-0.25, -0.2) is 0 Å². The van der Waals surface area contributed by atoms with Crippen molar-refractivity contribution in [2.24, 2.45) is 0 Å². The summed E-state index contributed by atoms with van der Waals surface area (Å²) in [5, 5.41) is 14.4. The number of hydrogen-bond donors (Lipinski definition) is 1. The van der Waals surface area contributed by atoms with E-state index in [0.717, 1.165) is 0 Å². The molecule has 24 heavy (non-hydrogen) atoms. The maximum absolute atomic E-state index is 12.4. The topological polar surface area (TPSA) is 81.9 Å². The van der Waals surface area contributed by atoms with E-state index in [2.05, 4.69) is 20.8 Å². The highest BCUT2D eigenvalue weighted by Crippen LogP contribution is 2.15. The number of halogens is 1. The molecule has 1 heterocycles. The van der Waals surface area contributed by atoms with Gasteiger partial charge in [-0.1, -0.05) is 23.7 Å². The zero-order chi connectivity index (χ0) is 16.8. The van der Waals surface area contributed by atoms with Gasteiger partial charge in [-0.05, 0) is 46.8 Å². The molecule has 0 unspecified atom stereocenters. The fourth-order valence-corrected chi connectivity index (χ4v) is 2.22. The lowest BCUT2D eigenvalue weighted by Gasteiger charge is -2.10. The Morgan fingerprint density at radius 3 is 2.71 bits per heavy atom. The second-order valence-electron chi connectivity index (χ2n) is 4.83. The number of amides is 1. The largest absolute Gasteiger partial charge is 0.492 e. The summed E-state index contributed by atoms with van der Waals surface area (Å²) in [6, 6.07) is 14.1. The molecule has 3 aromatic rings. The van der Waals surface area contributed by atoms with Gasteiger partial charge in [-0.15, -0.1) is 5.10 Å². The van der Waals surface area contributed by atoms with Gasteiger partial charge in [0.2, 0.25) is 0 Å². The Bertz CT molecular complexity index is 806. The third-order valence-corrected chi connectivity index (χ3v) is 3.47. The molecule has 0 atom stereocenters. The number of ether oxygens (including phenoxy) is 1. The van der Waals surface area contributed by atoms with Crippen molar-refractivity contribution in [3.05, 3.63) is 65.4 Å². The quantitative estimate of drug-likeness (QED) is 0.693. The molecule has 7 nitrogen and oxygen atoms in total. The number of para-hydroxylation sites is 1. The average molecular weight is 344 g/mol. The van der Waals surface area contributed by atoms with Crippen LogP contribution in [-0.2, 0) is 0 Å². The van der Waals surface area contributed by atoms with Crippen LogP contribution in [0.4, 0.5) is 0 Å². The lowest BCUT2D eigenvalue weighted by atomic mass is 10.1. The number of rotatable bonds is 6. The van der Waals surface area contributed by atoms with Crippen LogP contribution in [0.5, 0.6) is 5.75 Å². The van der Waals surface area contributed by atoms with Gasteiger partial charge in [0.1, 0.15) is 18.7 Å². The first-order valence-electron chi connectivity index (χ1n) is 7.23. The fraction of sp³-hybridized carbons (Fsp3) is 0.125. The molecule has 0 saturated carbocycles. The second kappa shape index (κ2) is 7.56. The summed E-state index contributed by atoms with van der Waals surface area (Å²) in [7, 11) is 0. The number of tetrazole rings is 1. The van der Waals surface area contributed by atoms with E-state index < -0.39 is 0 Å². The minimum atomic E-state index is -0.221. The van der Waals surface area contributed by atoms with Gasteiger partial charge in [0, 0.05) is 5.02 Å². The Hall–Kier alpha value is -2.93. The number of nitrogens with zero attached hydrogens (tertiary/aromatic N) is 4. The van der Waals surface area contributed by atoms with Crippen molar-refractivity contribution < 1.29 is 9.53 Å². The van der Waals surface area contributed by atoms with Crippen molar-refractivity contribution in [2.75, 3.05) is 13.2 Å². The van der Waals surface area contributed by atoms with E-state index in [1.54, 1.807) is 42.5 Å². The van der Waals surface area contributed by atoms with Crippen LogP contribution >= 0.6 is 11.6 Å². The maximum atomic E-state index is 12.4. The molecular formula is C16H14ClN5O2. The van der Waals surface area contributed by atoms with E-state index >= 15 is 0 Å². The van der Waals surface area contributed by atoms with Gasteiger partial charge >= 0.3 is 0 Å². The smallest absolute Gasteiger partial charge is 0.253 e. The zero-order valence-electron chi connectivity index (χ0n) is 12.6. The Morgan fingerprint density at radius 2 is 1.96 bits per heavy atom. The average Bonchev–Trinajstić information content (AvgIpc) is 3.14. The molecule has 0 radical (unpaired) electrons. The van der Waals surface area contributed by atoms with Gasteiger partial charge < -0.3 is 10.1 Å². The summed E-state index contributed by atoms with van der Waals surface area (Å²) in [4.78, 5) is 12.4. The van der Waals surface area contributed by atoms with E-state index in [-0.39, 0.29) is 5.91 Å². The summed E-state index contributed by atoms with van der Waals surface area (Å²) < 4.78 is 6.98. The molecule has 2 aromatic carbocycles. The van der Waals surface area contributed by atoms with Gasteiger partial charge in [0.15, 0.2) is 0 Å². The van der Waals surface area contributed by atoms with Crippen LogP contribution in [0.25, 0.3) is 5.69 Å². The van der Waals surface area contributed by atoms with Gasteiger partial charge in [-0.3, -0.25) is 4.79 Å². The van der Waals surface area contributed by atoms with Crippen LogP contribution in [0.15, 0.2) is 54.9 Å². The lowest BCUT2D eigenvalue weighted by molar-refractivity contribution is 0.0947. The molecule has 3 rings (SSSR count). The fourth-order valence-electron chi connectivity index (χ4n) is 2.10. The minimum Gasteiger partial charge on any atom is -0.492 e. The number of hydrogen-bond acceptors (Lipinski definition) is 5. The van der Waals surface area contributed by atoms with Crippen LogP contribution in [0.2, 0.25) is 5.02 Å². The summed E-state index contributed by atoms with van der Waals surface area (Å²) >= 11 is 5.81. The predicted molar refractivity (Wildman–Crippen MR) is 88.4 cm³/mol. The number of aromatic nitrogens is 4. The molecule has 1 N–H and O–H groups in total. The van der Waals surface area contributed by atoms with Crippen molar-refractivity contribution in [1.82, 2.24) is 25.5 Å². The third kappa shape index (κ3) is 3.88. The molecule has 8 heteroatoms. The summed E-state index contributed by atoms with van der Waals surface area (Å²) in [5.41, 5.74) is 1.09. The molecule has 1 amide bonds. The monoisotopic (exact) mass is 343 g/mol. The highest BCUT2D eigenvalue weighted by atomic mass is 35.5. The molecule has 0 saturated heterocycles. The first-order valence-corrected chi connectivity index (χ1v) is 7.61. The summed E-state index contributed by atoms with van der Waals surface area (Å²) in [6.45, 7) is 0.714. The zero-order valence-corrected chi connectivity index (χ0v) is 13.3. The van der Waals surface area contributed by atoms with Crippen molar-refractivity contribution in [3.8, 4) is 11.4 Å². The van der Waals surface area contributed by atoms with E-state index in [0.29, 0.717) is 35.2 Å². The van der Waals surface area contributed by atoms with Gasteiger partial charge in [0.05, 0.1) is 17.8 Å². The molecule has 1 aromatic heterocycles. The van der Waals surface area contributed by atoms with E-state index in [9.17, 15) is 4.79 Å². The van der Waals surface area contributed by atoms with Crippen molar-refractivity contribution in [1.29, 1.82) is 0 Å². The lowest BCUT2D eigenvalue weighted by Crippen LogP contribution is -2.29. The maximum Gasteiger partial charge on any atom is 0.253 e. The van der Waals surface area contributed by atoms with Crippen LogP contribution in [0.3, 0.4) is 0 Å². The van der Waals surface area contributed by atoms with Gasteiger partial charge in [-0.2, -0.15) is 4.68 Å². The van der Waals surface area contributed by atoms with Gasteiger partial charge in [0.25, 0.3) is 5.91 Å². The molecule has 0 aliphatic carbocycles. The second-order valence-corrected chi connectivity index (χ2v) is 5.27. The predicted octanol–water partition coefficient (Wildman–Crippen LogP) is 2.12. The first kappa shape index (κ1) is 15.9. The molecule has 122 valence electrons.